The van der Waals surface area contributed by atoms with Gasteiger partial charge in [-0.15, -0.1) is 0 Å². The molecular formula is C19H20N2O3. The lowest BCUT2D eigenvalue weighted by molar-refractivity contribution is -0.00388. The van der Waals surface area contributed by atoms with Crippen molar-refractivity contribution in [3.63, 3.8) is 0 Å². The molecule has 4 rings (SSSR count). The van der Waals surface area contributed by atoms with E-state index in [4.69, 9.17) is 4.74 Å². The molecule has 124 valence electrons. The van der Waals surface area contributed by atoms with Crippen LogP contribution in [0.15, 0.2) is 41.6 Å². The van der Waals surface area contributed by atoms with Crippen LogP contribution in [0, 0.1) is 0 Å². The molecule has 0 bridgehead atoms. The van der Waals surface area contributed by atoms with Crippen molar-refractivity contribution in [1.29, 1.82) is 0 Å². The Kier molecular flexibility index (Phi) is 3.52. The zero-order valence-corrected chi connectivity index (χ0v) is 13.7. The molecule has 5 nitrogen and oxygen atoms in total. The van der Waals surface area contributed by atoms with Gasteiger partial charge in [-0.2, -0.15) is 0 Å². The Hall–Kier alpha value is -2.43. The number of aromatic nitrogens is 2. The highest BCUT2D eigenvalue weighted by Crippen LogP contribution is 2.40. The Morgan fingerprint density at radius 1 is 1.25 bits per heavy atom. The predicted octanol–water partition coefficient (Wildman–Crippen LogP) is 2.99. The number of carbonyl (C=O) groups is 1. The maximum atomic E-state index is 12.6. The molecule has 1 aliphatic heterocycles. The molecule has 0 aromatic carbocycles. The number of nitrogens with zero attached hydrogens (tertiary/aromatic N) is 2. The Morgan fingerprint density at radius 2 is 2.00 bits per heavy atom. The SMILES string of the molecule is CC1(CCCc2ccncc2)OC(=O)c2c1ccn(C1CC1)c2=O. The Labute approximate surface area is 140 Å². The number of carbonyl (C=O) groups excluding carboxylic acids is 1. The average molecular weight is 324 g/mol. The lowest BCUT2D eigenvalue weighted by Gasteiger charge is -2.24. The zero-order valence-electron chi connectivity index (χ0n) is 13.7. The van der Waals surface area contributed by atoms with E-state index in [-0.39, 0.29) is 17.2 Å². The van der Waals surface area contributed by atoms with Gasteiger partial charge in [-0.25, -0.2) is 4.79 Å². The predicted molar refractivity (Wildman–Crippen MR) is 88.9 cm³/mol. The van der Waals surface area contributed by atoms with Gasteiger partial charge < -0.3 is 9.30 Å². The van der Waals surface area contributed by atoms with Crippen LogP contribution in [0.5, 0.6) is 0 Å². The lowest BCUT2D eigenvalue weighted by atomic mass is 9.89. The first-order chi connectivity index (χ1) is 11.6. The first-order valence-corrected chi connectivity index (χ1v) is 8.46. The molecule has 1 aliphatic carbocycles. The van der Waals surface area contributed by atoms with Crippen LogP contribution in [0.3, 0.4) is 0 Å². The fourth-order valence-electron chi connectivity index (χ4n) is 3.50. The van der Waals surface area contributed by atoms with E-state index < -0.39 is 11.6 Å². The van der Waals surface area contributed by atoms with Crippen molar-refractivity contribution in [3.8, 4) is 0 Å². The normalized spacial score (nSPS) is 22.3. The molecule has 0 amide bonds. The molecule has 3 heterocycles. The minimum atomic E-state index is -0.707. The second kappa shape index (κ2) is 5.58. The summed E-state index contributed by atoms with van der Waals surface area (Å²) in [5.74, 6) is -0.476. The Morgan fingerprint density at radius 3 is 2.71 bits per heavy atom. The molecule has 2 aromatic rings. The van der Waals surface area contributed by atoms with E-state index in [2.05, 4.69) is 4.98 Å². The van der Waals surface area contributed by atoms with Crippen LogP contribution in [-0.2, 0) is 16.8 Å². The quantitative estimate of drug-likeness (QED) is 0.793. The number of hydrogen-bond donors (Lipinski definition) is 0. The van der Waals surface area contributed by atoms with Crippen LogP contribution in [-0.4, -0.2) is 15.5 Å². The highest BCUT2D eigenvalue weighted by Gasteiger charge is 2.44. The van der Waals surface area contributed by atoms with Gasteiger partial charge in [-0.05, 0) is 62.8 Å². The number of ether oxygens (including phenoxy) is 1. The number of cyclic esters (lactones) is 1. The van der Waals surface area contributed by atoms with Crippen molar-refractivity contribution in [2.24, 2.45) is 0 Å². The summed E-state index contributed by atoms with van der Waals surface area (Å²) in [4.78, 5) is 28.9. The van der Waals surface area contributed by atoms with Gasteiger partial charge in [0.25, 0.3) is 5.56 Å². The second-order valence-corrected chi connectivity index (χ2v) is 6.88. The molecule has 2 aliphatic rings. The van der Waals surface area contributed by atoms with Crippen LogP contribution < -0.4 is 5.56 Å². The van der Waals surface area contributed by atoms with E-state index in [0.717, 1.165) is 31.2 Å². The molecular weight excluding hydrogens is 304 g/mol. The number of fused-ring (bicyclic) bond motifs is 1. The zero-order chi connectivity index (χ0) is 16.7. The molecule has 1 unspecified atom stereocenters. The van der Waals surface area contributed by atoms with Gasteiger partial charge in [0.2, 0.25) is 0 Å². The maximum absolute atomic E-state index is 12.6. The number of aryl methyl sites for hydroxylation is 1. The van der Waals surface area contributed by atoms with Crippen molar-refractivity contribution in [2.45, 2.75) is 50.7 Å². The van der Waals surface area contributed by atoms with Crippen molar-refractivity contribution < 1.29 is 9.53 Å². The van der Waals surface area contributed by atoms with Crippen LogP contribution in [0.1, 0.15) is 60.1 Å². The number of rotatable bonds is 5. The first-order valence-electron chi connectivity index (χ1n) is 8.46. The van der Waals surface area contributed by atoms with Crippen molar-refractivity contribution in [1.82, 2.24) is 9.55 Å². The molecule has 1 saturated carbocycles. The average Bonchev–Trinajstić information content (AvgIpc) is 3.36. The molecule has 0 N–H and O–H groups in total. The summed E-state index contributed by atoms with van der Waals surface area (Å²) in [6, 6.07) is 6.14. The summed E-state index contributed by atoms with van der Waals surface area (Å²) in [5, 5.41) is 0. The minimum Gasteiger partial charge on any atom is -0.451 e. The maximum Gasteiger partial charge on any atom is 0.345 e. The van der Waals surface area contributed by atoms with E-state index in [9.17, 15) is 9.59 Å². The third-order valence-electron chi connectivity index (χ3n) is 5.02. The van der Waals surface area contributed by atoms with Crippen LogP contribution >= 0.6 is 0 Å². The minimum absolute atomic E-state index is 0.196. The summed E-state index contributed by atoms with van der Waals surface area (Å²) in [7, 11) is 0. The number of esters is 1. The highest BCUT2D eigenvalue weighted by molar-refractivity contribution is 5.94. The van der Waals surface area contributed by atoms with Gasteiger partial charge in [-0.1, -0.05) is 0 Å². The molecule has 1 fully saturated rings. The van der Waals surface area contributed by atoms with Gasteiger partial charge >= 0.3 is 5.97 Å². The summed E-state index contributed by atoms with van der Waals surface area (Å²) in [6.07, 6.45) is 9.87. The largest absolute Gasteiger partial charge is 0.451 e. The van der Waals surface area contributed by atoms with Gasteiger partial charge in [-0.3, -0.25) is 9.78 Å². The second-order valence-electron chi connectivity index (χ2n) is 6.88. The van der Waals surface area contributed by atoms with E-state index >= 15 is 0 Å². The molecule has 0 spiro atoms. The third kappa shape index (κ3) is 2.54. The van der Waals surface area contributed by atoms with Gasteiger partial charge in [0.1, 0.15) is 11.2 Å². The summed E-state index contributed by atoms with van der Waals surface area (Å²) >= 11 is 0. The van der Waals surface area contributed by atoms with E-state index in [1.54, 1.807) is 17.0 Å². The molecule has 0 saturated heterocycles. The van der Waals surface area contributed by atoms with Crippen LogP contribution in [0.4, 0.5) is 0 Å². The molecule has 1 atom stereocenters. The first kappa shape index (κ1) is 15.1. The van der Waals surface area contributed by atoms with Gasteiger partial charge in [0, 0.05) is 30.2 Å². The highest BCUT2D eigenvalue weighted by atomic mass is 16.6. The third-order valence-corrected chi connectivity index (χ3v) is 5.02. The number of hydrogen-bond acceptors (Lipinski definition) is 4. The lowest BCUT2D eigenvalue weighted by Crippen LogP contribution is -2.25. The monoisotopic (exact) mass is 324 g/mol. The van der Waals surface area contributed by atoms with Crippen molar-refractivity contribution >= 4 is 5.97 Å². The standard InChI is InChI=1S/C19H20N2O3/c1-19(9-2-3-13-6-10-20-11-7-13)15-8-12-21(14-4-5-14)17(22)16(15)18(23)24-19/h6-8,10-12,14H,2-5,9H2,1H3. The van der Waals surface area contributed by atoms with E-state index in [1.807, 2.05) is 31.3 Å². The summed E-state index contributed by atoms with van der Waals surface area (Å²) in [6.45, 7) is 1.91. The van der Waals surface area contributed by atoms with Crippen molar-refractivity contribution in [3.05, 3.63) is 63.8 Å². The Balaban J connectivity index is 1.56. The van der Waals surface area contributed by atoms with E-state index in [0.29, 0.717) is 6.42 Å². The smallest absolute Gasteiger partial charge is 0.345 e. The number of pyridine rings is 2. The Bertz CT molecular complexity index is 839. The van der Waals surface area contributed by atoms with Crippen LogP contribution in [0.25, 0.3) is 0 Å². The van der Waals surface area contributed by atoms with Gasteiger partial charge in [0.05, 0.1) is 0 Å². The summed E-state index contributed by atoms with van der Waals surface area (Å²) < 4.78 is 7.31. The fraction of sp³-hybridized carbons (Fsp3) is 0.421. The molecule has 0 radical (unpaired) electrons. The van der Waals surface area contributed by atoms with Crippen LogP contribution in [0.2, 0.25) is 0 Å². The topological polar surface area (TPSA) is 61.2 Å². The molecule has 5 heteroatoms. The summed E-state index contributed by atoms with van der Waals surface area (Å²) in [5.41, 5.74) is 1.28. The molecule has 2 aromatic heterocycles. The van der Waals surface area contributed by atoms with Crippen molar-refractivity contribution in [2.75, 3.05) is 0 Å². The van der Waals surface area contributed by atoms with E-state index in [1.165, 1.54) is 5.56 Å². The fourth-order valence-corrected chi connectivity index (χ4v) is 3.50. The van der Waals surface area contributed by atoms with Gasteiger partial charge in [0.15, 0.2) is 0 Å². The molecule has 24 heavy (non-hydrogen) atoms.